The molecular weight excluding hydrogens is 150 g/mol. The Morgan fingerprint density at radius 2 is 2.17 bits per heavy atom. The van der Waals surface area contributed by atoms with Crippen LogP contribution in [-0.2, 0) is 7.05 Å². The minimum atomic E-state index is 0.103. The van der Waals surface area contributed by atoms with E-state index in [1.807, 2.05) is 13.1 Å². The Morgan fingerprint density at radius 3 is 2.75 bits per heavy atom. The molecule has 1 heterocycles. The van der Waals surface area contributed by atoms with Crippen LogP contribution in [0.25, 0.3) is 0 Å². The van der Waals surface area contributed by atoms with Crippen LogP contribution in [0.1, 0.15) is 25.0 Å². The lowest BCUT2D eigenvalue weighted by atomic mass is 10.2. The van der Waals surface area contributed by atoms with Crippen LogP contribution in [0.3, 0.4) is 0 Å². The maximum Gasteiger partial charge on any atom is 0.250 e. The molecule has 1 aromatic heterocycles. The smallest absolute Gasteiger partial charge is 0.250 e. The van der Waals surface area contributed by atoms with Crippen LogP contribution in [0.5, 0.6) is 0 Å². The van der Waals surface area contributed by atoms with Crippen LogP contribution in [0.15, 0.2) is 23.0 Å². The second kappa shape index (κ2) is 2.47. The van der Waals surface area contributed by atoms with Crippen molar-refractivity contribution in [1.82, 2.24) is 4.57 Å². The number of hydrogen-bond donors (Lipinski definition) is 0. The molecule has 2 unspecified atom stereocenters. The summed E-state index contributed by atoms with van der Waals surface area (Å²) in [7, 11) is 1.85. The van der Waals surface area contributed by atoms with Gasteiger partial charge >= 0.3 is 0 Å². The molecule has 0 N–H and O–H groups in total. The van der Waals surface area contributed by atoms with E-state index in [9.17, 15) is 4.79 Å². The van der Waals surface area contributed by atoms with Crippen molar-refractivity contribution in [2.45, 2.75) is 19.3 Å². The zero-order valence-corrected chi connectivity index (χ0v) is 7.45. The number of pyridine rings is 1. The molecule has 64 valence electrons. The van der Waals surface area contributed by atoms with Crippen molar-refractivity contribution in [2.75, 3.05) is 0 Å². The number of nitrogens with zero attached hydrogens (tertiary/aromatic N) is 1. The van der Waals surface area contributed by atoms with Crippen LogP contribution in [0, 0.1) is 5.92 Å². The van der Waals surface area contributed by atoms with Crippen molar-refractivity contribution in [3.63, 3.8) is 0 Å². The van der Waals surface area contributed by atoms with Gasteiger partial charge in [-0.25, -0.2) is 0 Å². The molecule has 1 fully saturated rings. The molecule has 12 heavy (non-hydrogen) atoms. The van der Waals surface area contributed by atoms with Crippen LogP contribution in [-0.4, -0.2) is 4.57 Å². The van der Waals surface area contributed by atoms with Crippen molar-refractivity contribution in [2.24, 2.45) is 13.0 Å². The molecule has 2 rings (SSSR count). The van der Waals surface area contributed by atoms with Gasteiger partial charge in [-0.2, -0.15) is 0 Å². The number of rotatable bonds is 1. The van der Waals surface area contributed by atoms with Crippen molar-refractivity contribution in [3.8, 4) is 0 Å². The van der Waals surface area contributed by atoms with Crippen LogP contribution in [0.2, 0.25) is 0 Å². The summed E-state index contributed by atoms with van der Waals surface area (Å²) < 4.78 is 1.76. The molecule has 1 aliphatic rings. The van der Waals surface area contributed by atoms with E-state index in [1.54, 1.807) is 10.6 Å². The summed E-state index contributed by atoms with van der Waals surface area (Å²) in [5.41, 5.74) is 1.29. The van der Waals surface area contributed by atoms with E-state index in [0.29, 0.717) is 5.92 Å². The molecule has 2 atom stereocenters. The third-order valence-corrected chi connectivity index (χ3v) is 2.71. The van der Waals surface area contributed by atoms with Crippen molar-refractivity contribution in [1.29, 1.82) is 0 Å². The maximum absolute atomic E-state index is 11.2. The Balaban J connectivity index is 2.45. The minimum Gasteiger partial charge on any atom is -0.315 e. The van der Waals surface area contributed by atoms with Gasteiger partial charge in [0.2, 0.25) is 5.56 Å². The highest BCUT2D eigenvalue weighted by Crippen LogP contribution is 2.46. The van der Waals surface area contributed by atoms with Gasteiger partial charge in [-0.15, -0.1) is 0 Å². The van der Waals surface area contributed by atoms with Gasteiger partial charge in [0, 0.05) is 24.7 Å². The minimum absolute atomic E-state index is 0.103. The topological polar surface area (TPSA) is 22.0 Å². The summed E-state index contributed by atoms with van der Waals surface area (Å²) in [6.07, 6.45) is 1.23. The summed E-state index contributed by atoms with van der Waals surface area (Å²) in [6, 6.07) is 5.51. The third kappa shape index (κ3) is 1.07. The summed E-state index contributed by atoms with van der Waals surface area (Å²) in [5, 5.41) is 0. The average molecular weight is 163 g/mol. The molecule has 0 saturated heterocycles. The van der Waals surface area contributed by atoms with E-state index < -0.39 is 0 Å². The fourth-order valence-electron chi connectivity index (χ4n) is 1.69. The van der Waals surface area contributed by atoms with Gasteiger partial charge in [0.05, 0.1) is 0 Å². The molecule has 0 bridgehead atoms. The zero-order chi connectivity index (χ0) is 8.72. The fourth-order valence-corrected chi connectivity index (χ4v) is 1.69. The Kier molecular flexibility index (Phi) is 1.56. The summed E-state index contributed by atoms with van der Waals surface area (Å²) in [5.74, 6) is 1.39. The largest absolute Gasteiger partial charge is 0.315 e. The molecule has 0 spiro atoms. The van der Waals surface area contributed by atoms with Gasteiger partial charge in [0.25, 0.3) is 0 Å². The summed E-state index contributed by atoms with van der Waals surface area (Å²) in [6.45, 7) is 2.22. The van der Waals surface area contributed by atoms with Crippen LogP contribution >= 0.6 is 0 Å². The fraction of sp³-hybridized carbons (Fsp3) is 0.500. The molecule has 0 aliphatic heterocycles. The van der Waals surface area contributed by atoms with E-state index in [1.165, 1.54) is 12.1 Å². The first-order valence-corrected chi connectivity index (χ1v) is 4.36. The first kappa shape index (κ1) is 7.59. The van der Waals surface area contributed by atoms with Crippen LogP contribution < -0.4 is 5.56 Å². The molecule has 1 aliphatic carbocycles. The molecule has 0 amide bonds. The van der Waals surface area contributed by atoms with E-state index in [4.69, 9.17) is 0 Å². The molecule has 0 radical (unpaired) electrons. The highest BCUT2D eigenvalue weighted by Gasteiger charge is 2.35. The van der Waals surface area contributed by atoms with Crippen molar-refractivity contribution < 1.29 is 0 Å². The van der Waals surface area contributed by atoms with Crippen LogP contribution in [0.4, 0.5) is 0 Å². The molecule has 2 nitrogen and oxygen atoms in total. The Hall–Kier alpha value is -1.05. The Bertz CT molecular complexity index is 353. The van der Waals surface area contributed by atoms with Gasteiger partial charge in [0.15, 0.2) is 0 Å². The summed E-state index contributed by atoms with van der Waals surface area (Å²) in [4.78, 5) is 11.2. The second-order valence-electron chi connectivity index (χ2n) is 3.67. The first-order valence-electron chi connectivity index (χ1n) is 4.36. The number of aromatic nitrogens is 1. The molecule has 2 heteroatoms. The highest BCUT2D eigenvalue weighted by atomic mass is 16.1. The second-order valence-corrected chi connectivity index (χ2v) is 3.67. The standard InChI is InChI=1S/C10H13NO/c1-7-6-8(7)9-4-3-5-10(12)11(9)2/h3-5,7-8H,6H2,1-2H3. The van der Waals surface area contributed by atoms with E-state index in [2.05, 4.69) is 13.0 Å². The first-order chi connectivity index (χ1) is 5.70. The van der Waals surface area contributed by atoms with E-state index >= 15 is 0 Å². The SMILES string of the molecule is CC1CC1c1cccc(=O)n1C. The highest BCUT2D eigenvalue weighted by molar-refractivity contribution is 5.18. The van der Waals surface area contributed by atoms with Gasteiger partial charge in [-0.1, -0.05) is 13.0 Å². The predicted octanol–water partition coefficient (Wildman–Crippen LogP) is 1.51. The molecule has 0 aromatic carbocycles. The summed E-state index contributed by atoms with van der Waals surface area (Å²) >= 11 is 0. The average Bonchev–Trinajstić information content (AvgIpc) is 2.73. The van der Waals surface area contributed by atoms with Crippen molar-refractivity contribution in [3.05, 3.63) is 34.2 Å². The zero-order valence-electron chi connectivity index (χ0n) is 7.45. The van der Waals surface area contributed by atoms with Gasteiger partial charge in [0.1, 0.15) is 0 Å². The lowest BCUT2D eigenvalue weighted by molar-refractivity contribution is 0.751. The predicted molar refractivity (Wildman–Crippen MR) is 48.2 cm³/mol. The Morgan fingerprint density at radius 1 is 1.50 bits per heavy atom. The Labute approximate surface area is 71.8 Å². The van der Waals surface area contributed by atoms with Gasteiger partial charge < -0.3 is 4.57 Å². The maximum atomic E-state index is 11.2. The van der Waals surface area contributed by atoms with E-state index in [-0.39, 0.29) is 5.56 Å². The third-order valence-electron chi connectivity index (χ3n) is 2.71. The normalized spacial score (nSPS) is 27.2. The number of hydrogen-bond acceptors (Lipinski definition) is 1. The molecule has 1 aromatic rings. The lowest BCUT2D eigenvalue weighted by Crippen LogP contribution is -2.18. The quantitative estimate of drug-likeness (QED) is 0.615. The van der Waals surface area contributed by atoms with Crippen molar-refractivity contribution >= 4 is 0 Å². The molecule has 1 saturated carbocycles. The molecular formula is C10H13NO. The van der Waals surface area contributed by atoms with Gasteiger partial charge in [-0.3, -0.25) is 4.79 Å². The monoisotopic (exact) mass is 163 g/mol. The van der Waals surface area contributed by atoms with Gasteiger partial charge in [-0.05, 0) is 18.4 Å². The lowest BCUT2D eigenvalue weighted by Gasteiger charge is -2.05. The van der Waals surface area contributed by atoms with E-state index in [0.717, 1.165) is 5.92 Å².